The van der Waals surface area contributed by atoms with Crippen LogP contribution in [0.2, 0.25) is 0 Å². The standard InChI is InChI=1S/C24H26N2O4/c1-24(2,3)30-23(28)26-10-9-17-11-15(5-8-21(17)26)12-20-19(22(27)29-4)13-18(14-25-20)16-6-7-16/h5,8-11,13-14,16H,6-7,12H2,1-4H3. The first kappa shape index (κ1) is 20.1. The molecule has 1 aliphatic rings. The molecule has 0 atom stereocenters. The summed E-state index contributed by atoms with van der Waals surface area (Å²) in [5, 5.41) is 0.924. The fourth-order valence-corrected chi connectivity index (χ4v) is 3.54. The van der Waals surface area contributed by atoms with E-state index in [9.17, 15) is 9.59 Å². The minimum Gasteiger partial charge on any atom is -0.465 e. The summed E-state index contributed by atoms with van der Waals surface area (Å²) in [7, 11) is 1.39. The van der Waals surface area contributed by atoms with Crippen molar-refractivity contribution in [2.45, 2.75) is 51.6 Å². The molecule has 6 heteroatoms. The molecule has 1 saturated carbocycles. The van der Waals surface area contributed by atoms with Gasteiger partial charge >= 0.3 is 12.1 Å². The maximum absolute atomic E-state index is 12.4. The van der Waals surface area contributed by atoms with Gasteiger partial charge in [-0.05, 0) is 74.9 Å². The number of benzene rings is 1. The van der Waals surface area contributed by atoms with Crippen LogP contribution < -0.4 is 0 Å². The van der Waals surface area contributed by atoms with Crippen LogP contribution in [0.3, 0.4) is 0 Å². The molecule has 0 spiro atoms. The SMILES string of the molecule is COC(=O)c1cc(C2CC2)cnc1Cc1ccc2c(ccn2C(=O)OC(C)(C)C)c1. The zero-order valence-corrected chi connectivity index (χ0v) is 17.8. The van der Waals surface area contributed by atoms with Gasteiger partial charge in [0.25, 0.3) is 0 Å². The normalized spacial score (nSPS) is 14.0. The molecule has 0 radical (unpaired) electrons. The maximum atomic E-state index is 12.4. The van der Waals surface area contributed by atoms with Gasteiger partial charge in [0.2, 0.25) is 0 Å². The zero-order valence-electron chi connectivity index (χ0n) is 17.8. The van der Waals surface area contributed by atoms with Crippen molar-refractivity contribution in [1.82, 2.24) is 9.55 Å². The third-order valence-electron chi connectivity index (χ3n) is 5.16. The molecular weight excluding hydrogens is 380 g/mol. The number of hydrogen-bond donors (Lipinski definition) is 0. The highest BCUT2D eigenvalue weighted by molar-refractivity contribution is 5.91. The summed E-state index contributed by atoms with van der Waals surface area (Å²) in [6.07, 6.45) is 5.97. The van der Waals surface area contributed by atoms with Gasteiger partial charge in [-0.1, -0.05) is 6.07 Å². The Kier molecular flexibility index (Phi) is 5.10. The molecule has 30 heavy (non-hydrogen) atoms. The fourth-order valence-electron chi connectivity index (χ4n) is 3.54. The number of methoxy groups -OCH3 is 1. The molecule has 0 saturated heterocycles. The van der Waals surface area contributed by atoms with Crippen molar-refractivity contribution < 1.29 is 19.1 Å². The van der Waals surface area contributed by atoms with Gasteiger partial charge in [0.05, 0.1) is 23.9 Å². The van der Waals surface area contributed by atoms with Crippen molar-refractivity contribution in [3.05, 3.63) is 65.1 Å². The Morgan fingerprint density at radius 1 is 1.17 bits per heavy atom. The van der Waals surface area contributed by atoms with Crippen molar-refractivity contribution in [2.75, 3.05) is 7.11 Å². The van der Waals surface area contributed by atoms with Gasteiger partial charge in [0, 0.05) is 24.2 Å². The fraction of sp³-hybridized carbons (Fsp3) is 0.375. The van der Waals surface area contributed by atoms with E-state index in [0.29, 0.717) is 23.6 Å². The molecule has 0 N–H and O–H groups in total. The molecule has 1 aliphatic carbocycles. The van der Waals surface area contributed by atoms with E-state index in [1.165, 1.54) is 11.7 Å². The summed E-state index contributed by atoms with van der Waals surface area (Å²) in [5.74, 6) is 0.149. The molecular formula is C24H26N2O4. The van der Waals surface area contributed by atoms with E-state index in [0.717, 1.165) is 34.9 Å². The van der Waals surface area contributed by atoms with Gasteiger partial charge < -0.3 is 9.47 Å². The molecule has 2 heterocycles. The van der Waals surface area contributed by atoms with Gasteiger partial charge in [-0.15, -0.1) is 0 Å². The molecule has 4 rings (SSSR count). The Morgan fingerprint density at radius 3 is 2.60 bits per heavy atom. The largest absolute Gasteiger partial charge is 0.465 e. The summed E-state index contributed by atoms with van der Waals surface area (Å²) in [6, 6.07) is 9.65. The van der Waals surface area contributed by atoms with Gasteiger partial charge in [0.1, 0.15) is 5.60 Å². The van der Waals surface area contributed by atoms with Crippen molar-refractivity contribution >= 4 is 23.0 Å². The summed E-state index contributed by atoms with van der Waals surface area (Å²) in [5.41, 5.74) is 3.53. The quantitative estimate of drug-likeness (QED) is 0.566. The summed E-state index contributed by atoms with van der Waals surface area (Å²) >= 11 is 0. The van der Waals surface area contributed by atoms with Crippen LogP contribution in [0.1, 0.15) is 66.7 Å². The number of carbonyl (C=O) groups excluding carboxylic acids is 2. The minimum atomic E-state index is -0.559. The summed E-state index contributed by atoms with van der Waals surface area (Å²) < 4.78 is 12.0. The van der Waals surface area contributed by atoms with E-state index in [-0.39, 0.29) is 5.97 Å². The number of pyridine rings is 1. The molecule has 0 bridgehead atoms. The molecule has 1 aromatic carbocycles. The van der Waals surface area contributed by atoms with Crippen molar-refractivity contribution in [2.24, 2.45) is 0 Å². The molecule has 0 amide bonds. The number of fused-ring (bicyclic) bond motifs is 1. The van der Waals surface area contributed by atoms with E-state index < -0.39 is 11.7 Å². The summed E-state index contributed by atoms with van der Waals surface area (Å²) in [4.78, 5) is 29.3. The molecule has 6 nitrogen and oxygen atoms in total. The number of nitrogens with zero attached hydrogens (tertiary/aromatic N) is 2. The molecule has 1 fully saturated rings. The van der Waals surface area contributed by atoms with Crippen LogP contribution >= 0.6 is 0 Å². The van der Waals surface area contributed by atoms with Crippen LogP contribution in [-0.4, -0.2) is 34.3 Å². The Labute approximate surface area is 175 Å². The number of ether oxygens (including phenoxy) is 2. The second-order valence-corrected chi connectivity index (χ2v) is 8.76. The molecule has 3 aromatic rings. The Bertz CT molecular complexity index is 1120. The highest BCUT2D eigenvalue weighted by Gasteiger charge is 2.26. The number of carbonyl (C=O) groups is 2. The zero-order chi connectivity index (χ0) is 21.5. The lowest BCUT2D eigenvalue weighted by Gasteiger charge is -2.19. The van der Waals surface area contributed by atoms with Gasteiger partial charge in [0.15, 0.2) is 0 Å². The first-order valence-electron chi connectivity index (χ1n) is 10.2. The van der Waals surface area contributed by atoms with Crippen LogP contribution in [0.25, 0.3) is 10.9 Å². The highest BCUT2D eigenvalue weighted by Crippen LogP contribution is 2.40. The van der Waals surface area contributed by atoms with Crippen LogP contribution in [0.15, 0.2) is 42.7 Å². The molecule has 0 unspecified atom stereocenters. The maximum Gasteiger partial charge on any atom is 0.418 e. The van der Waals surface area contributed by atoms with Crippen LogP contribution in [0, 0.1) is 0 Å². The van der Waals surface area contributed by atoms with Gasteiger partial charge in [-0.3, -0.25) is 9.55 Å². The van der Waals surface area contributed by atoms with E-state index in [1.807, 2.05) is 57.3 Å². The van der Waals surface area contributed by atoms with Gasteiger partial charge in [-0.25, -0.2) is 9.59 Å². The van der Waals surface area contributed by atoms with E-state index in [4.69, 9.17) is 9.47 Å². The van der Waals surface area contributed by atoms with Crippen molar-refractivity contribution in [3.8, 4) is 0 Å². The average molecular weight is 406 g/mol. The van der Waals surface area contributed by atoms with E-state index in [2.05, 4.69) is 4.98 Å². The first-order chi connectivity index (χ1) is 14.2. The monoisotopic (exact) mass is 406 g/mol. The lowest BCUT2D eigenvalue weighted by molar-refractivity contribution is 0.0542. The van der Waals surface area contributed by atoms with Crippen molar-refractivity contribution in [3.63, 3.8) is 0 Å². The Balaban J connectivity index is 1.62. The second kappa shape index (κ2) is 7.59. The number of rotatable bonds is 4. The lowest BCUT2D eigenvalue weighted by Crippen LogP contribution is -2.26. The summed E-state index contributed by atoms with van der Waals surface area (Å²) in [6.45, 7) is 5.53. The van der Waals surface area contributed by atoms with Crippen LogP contribution in [0.5, 0.6) is 0 Å². The second-order valence-electron chi connectivity index (χ2n) is 8.76. The first-order valence-corrected chi connectivity index (χ1v) is 10.2. The Morgan fingerprint density at radius 2 is 1.93 bits per heavy atom. The predicted molar refractivity (Wildman–Crippen MR) is 114 cm³/mol. The van der Waals surface area contributed by atoms with Gasteiger partial charge in [-0.2, -0.15) is 0 Å². The van der Waals surface area contributed by atoms with Crippen LogP contribution in [0.4, 0.5) is 4.79 Å². The van der Waals surface area contributed by atoms with Crippen molar-refractivity contribution in [1.29, 1.82) is 0 Å². The molecule has 0 aliphatic heterocycles. The Hall–Kier alpha value is -3.15. The highest BCUT2D eigenvalue weighted by atomic mass is 16.6. The number of esters is 1. The third-order valence-corrected chi connectivity index (χ3v) is 5.16. The third kappa shape index (κ3) is 4.22. The molecule has 2 aromatic heterocycles. The van der Waals surface area contributed by atoms with Crippen LogP contribution in [-0.2, 0) is 15.9 Å². The number of aromatic nitrogens is 2. The lowest BCUT2D eigenvalue weighted by atomic mass is 10.0. The number of hydrogen-bond acceptors (Lipinski definition) is 5. The smallest absolute Gasteiger partial charge is 0.418 e. The average Bonchev–Trinajstić information content (AvgIpc) is 3.45. The molecule has 156 valence electrons. The topological polar surface area (TPSA) is 70.4 Å². The predicted octanol–water partition coefficient (Wildman–Crippen LogP) is 5.07. The minimum absolute atomic E-state index is 0.364. The van der Waals surface area contributed by atoms with E-state index in [1.54, 1.807) is 6.20 Å². The van der Waals surface area contributed by atoms with E-state index >= 15 is 0 Å².